The molecule has 6 heavy (non-hydrogen) atoms. The third-order valence-electron chi connectivity index (χ3n) is 0. The van der Waals surface area contributed by atoms with Gasteiger partial charge in [0.25, 0.3) is 0 Å². The third kappa shape index (κ3) is 25.2. The van der Waals surface area contributed by atoms with Crippen LogP contribution < -0.4 is 0 Å². The SMILES string of the molecule is O=[Si](O)O.[Cs].[Cs]. The van der Waals surface area contributed by atoms with E-state index in [9.17, 15) is 0 Å². The van der Waals surface area contributed by atoms with E-state index in [-0.39, 0.29) is 138 Å². The Morgan fingerprint density at radius 3 is 1.17 bits per heavy atom. The van der Waals surface area contributed by atoms with Crippen LogP contribution >= 0.6 is 0 Å². The predicted molar refractivity (Wildman–Crippen MR) is 22.4 cm³/mol. The van der Waals surface area contributed by atoms with Crippen LogP contribution in [0.2, 0.25) is 0 Å². The Kier molecular flexibility index (Phi) is 31.4. The minimum atomic E-state index is -3.13. The zero-order chi connectivity index (χ0) is 3.58. The molecule has 0 saturated carbocycles. The summed E-state index contributed by atoms with van der Waals surface area (Å²) in [6.45, 7) is 0. The van der Waals surface area contributed by atoms with E-state index < -0.39 is 9.17 Å². The van der Waals surface area contributed by atoms with Gasteiger partial charge in [0.1, 0.15) is 0 Å². The second-order valence-corrected chi connectivity index (χ2v) is 0.848. The molecule has 0 amide bonds. The zero-order valence-electron chi connectivity index (χ0n) is 3.80. The maximum atomic E-state index is 8.74. The molecule has 0 aliphatic heterocycles. The summed E-state index contributed by atoms with van der Waals surface area (Å²) in [6.07, 6.45) is 0. The van der Waals surface area contributed by atoms with Crippen molar-refractivity contribution in [3.05, 3.63) is 0 Å². The van der Waals surface area contributed by atoms with E-state index in [1.807, 2.05) is 0 Å². The molecule has 2 radical (unpaired) electrons. The van der Waals surface area contributed by atoms with E-state index in [0.29, 0.717) is 0 Å². The fourth-order valence-electron chi connectivity index (χ4n) is 0. The van der Waals surface area contributed by atoms with Gasteiger partial charge in [0.15, 0.2) is 0 Å². The van der Waals surface area contributed by atoms with Crippen molar-refractivity contribution < 1.29 is 14.1 Å². The first kappa shape index (κ1) is 16.4. The topological polar surface area (TPSA) is 57.5 Å². The van der Waals surface area contributed by atoms with Gasteiger partial charge in [-0.15, -0.1) is 0 Å². The van der Waals surface area contributed by atoms with Gasteiger partial charge in [0.05, 0.1) is 0 Å². The van der Waals surface area contributed by atoms with E-state index in [1.54, 1.807) is 0 Å². The molecule has 0 aliphatic rings. The predicted octanol–water partition coefficient (Wildman–Crippen LogP) is -2.38. The van der Waals surface area contributed by atoms with Crippen LogP contribution in [0.5, 0.6) is 0 Å². The second-order valence-electron chi connectivity index (χ2n) is 0.283. The number of hydrogen-bond acceptors (Lipinski definition) is 1. The Morgan fingerprint density at radius 2 is 1.17 bits per heavy atom. The molecule has 0 saturated heterocycles. The van der Waals surface area contributed by atoms with Crippen molar-refractivity contribution in [3.8, 4) is 0 Å². The molecule has 0 unspecified atom stereocenters. The first-order valence-electron chi connectivity index (χ1n) is 0.651. The van der Waals surface area contributed by atoms with Crippen molar-refractivity contribution in [2.45, 2.75) is 0 Å². The van der Waals surface area contributed by atoms with Crippen LogP contribution in [0.3, 0.4) is 0 Å². The Bertz CT molecular complexity index is 31.8. The van der Waals surface area contributed by atoms with Crippen LogP contribution in [0.15, 0.2) is 0 Å². The average molecular weight is 344 g/mol. The number of rotatable bonds is 0. The van der Waals surface area contributed by atoms with Crippen LogP contribution in [0.25, 0.3) is 0 Å². The molecule has 0 aromatic heterocycles. The van der Waals surface area contributed by atoms with E-state index in [1.165, 1.54) is 0 Å². The molecular weight excluding hydrogens is 342 g/mol. The zero-order valence-corrected chi connectivity index (χ0v) is 17.4. The molecule has 0 aromatic carbocycles. The summed E-state index contributed by atoms with van der Waals surface area (Å²) >= 11 is 0. The fraction of sp³-hybridized carbons (Fsp3) is 0. The Labute approximate surface area is 155 Å². The molecular formula is H2Cs2O3Si. The first-order chi connectivity index (χ1) is 1.73. The van der Waals surface area contributed by atoms with Crippen LogP contribution in [0, 0.1) is 0 Å². The van der Waals surface area contributed by atoms with Crippen molar-refractivity contribution >= 4 is 147 Å². The van der Waals surface area contributed by atoms with Crippen LogP contribution in [0.1, 0.15) is 0 Å². The van der Waals surface area contributed by atoms with Gasteiger partial charge in [-0.1, -0.05) is 0 Å². The van der Waals surface area contributed by atoms with E-state index in [2.05, 4.69) is 0 Å². The van der Waals surface area contributed by atoms with E-state index in [4.69, 9.17) is 14.1 Å². The molecule has 6 heteroatoms. The summed E-state index contributed by atoms with van der Waals surface area (Å²) in [5.41, 5.74) is 0. The van der Waals surface area contributed by atoms with Crippen LogP contribution in [0.4, 0.5) is 0 Å². The standard InChI is InChI=1S/2Cs.H2O3Si/c;;1-4(2)3/h;;1-2H. The van der Waals surface area contributed by atoms with Gasteiger partial charge in [-0.25, -0.2) is 0 Å². The molecule has 0 atom stereocenters. The maximum absolute atomic E-state index is 8.74. The molecule has 26 valence electrons. The van der Waals surface area contributed by atoms with Gasteiger partial charge in [-0.05, 0) is 0 Å². The van der Waals surface area contributed by atoms with Crippen molar-refractivity contribution in [1.82, 2.24) is 0 Å². The van der Waals surface area contributed by atoms with Crippen molar-refractivity contribution in [2.24, 2.45) is 0 Å². The van der Waals surface area contributed by atoms with Gasteiger partial charge in [0.2, 0.25) is 0 Å². The average Bonchev–Trinajstić information content (AvgIpc) is 0.811. The van der Waals surface area contributed by atoms with Gasteiger partial charge < -0.3 is 9.59 Å². The number of hydrogen-bond donors (Lipinski definition) is 2. The molecule has 0 aromatic rings. The molecule has 0 heterocycles. The minimum Gasteiger partial charge on any atom is -0.511 e. The summed E-state index contributed by atoms with van der Waals surface area (Å²) < 4.78 is 8.74. The van der Waals surface area contributed by atoms with Crippen LogP contribution in [-0.2, 0) is 4.46 Å². The summed E-state index contributed by atoms with van der Waals surface area (Å²) in [4.78, 5) is 14.3. The molecule has 0 rings (SSSR count). The van der Waals surface area contributed by atoms with Gasteiger partial charge in [-0.2, -0.15) is 0 Å². The fourth-order valence-corrected chi connectivity index (χ4v) is 0. The van der Waals surface area contributed by atoms with Gasteiger partial charge >= 0.3 is 9.17 Å². The Morgan fingerprint density at radius 1 is 1.17 bits per heavy atom. The van der Waals surface area contributed by atoms with E-state index >= 15 is 0 Å². The normalized spacial score (nSPS) is 4.00. The van der Waals surface area contributed by atoms with Crippen LogP contribution in [-0.4, -0.2) is 157 Å². The third-order valence-corrected chi connectivity index (χ3v) is 0. The van der Waals surface area contributed by atoms with Gasteiger partial charge in [0, 0.05) is 138 Å². The molecule has 0 bridgehead atoms. The van der Waals surface area contributed by atoms with Gasteiger partial charge in [-0.3, -0.25) is 4.46 Å². The van der Waals surface area contributed by atoms with Crippen molar-refractivity contribution in [1.29, 1.82) is 0 Å². The smallest absolute Gasteiger partial charge is 0.511 e. The molecule has 0 fully saturated rings. The summed E-state index contributed by atoms with van der Waals surface area (Å²) in [5.74, 6) is 0. The Hall–Kier alpha value is 3.72. The minimum absolute atomic E-state index is 0. The molecule has 2 N–H and O–H groups in total. The summed E-state index contributed by atoms with van der Waals surface area (Å²) in [5, 5.41) is 0. The summed E-state index contributed by atoms with van der Waals surface area (Å²) in [7, 11) is -3.13. The first-order valence-corrected chi connectivity index (χ1v) is 1.95. The van der Waals surface area contributed by atoms with Crippen molar-refractivity contribution in [3.63, 3.8) is 0 Å². The molecule has 0 aliphatic carbocycles. The maximum Gasteiger partial charge on any atom is 0.761 e. The second kappa shape index (κ2) is 11.5. The Balaban J connectivity index is -0.0000000450. The quantitative estimate of drug-likeness (QED) is 0.483. The van der Waals surface area contributed by atoms with Crippen molar-refractivity contribution in [2.75, 3.05) is 0 Å². The molecule has 0 spiro atoms. The largest absolute Gasteiger partial charge is 0.761 e. The van der Waals surface area contributed by atoms with E-state index in [0.717, 1.165) is 0 Å². The molecule has 3 nitrogen and oxygen atoms in total. The summed E-state index contributed by atoms with van der Waals surface area (Å²) in [6, 6.07) is 0. The monoisotopic (exact) mass is 344 g/mol.